The summed E-state index contributed by atoms with van der Waals surface area (Å²) in [6.07, 6.45) is 1.75. The first-order chi connectivity index (χ1) is 7.79. The number of rotatable bonds is 3. The fraction of sp³-hybridized carbons (Fsp3) is 0.0909. The minimum atomic E-state index is 0.183. The summed E-state index contributed by atoms with van der Waals surface area (Å²) in [5.74, 6) is 5.97. The van der Waals surface area contributed by atoms with Gasteiger partial charge in [0.25, 0.3) is 0 Å². The summed E-state index contributed by atoms with van der Waals surface area (Å²) >= 11 is 0. The maximum atomic E-state index is 5.42. The number of hydrogen-bond acceptors (Lipinski definition) is 4. The van der Waals surface area contributed by atoms with Crippen molar-refractivity contribution in [2.75, 3.05) is 6.61 Å². The van der Waals surface area contributed by atoms with Crippen molar-refractivity contribution >= 4 is 16.7 Å². The first-order valence-corrected chi connectivity index (χ1v) is 4.79. The number of benzene rings is 1. The Morgan fingerprint density at radius 1 is 1.38 bits per heavy atom. The van der Waals surface area contributed by atoms with Crippen molar-refractivity contribution in [2.45, 2.75) is 0 Å². The van der Waals surface area contributed by atoms with Crippen LogP contribution in [-0.4, -0.2) is 17.4 Å². The lowest BCUT2D eigenvalue weighted by Gasteiger charge is -2.05. The van der Waals surface area contributed by atoms with Crippen LogP contribution >= 0.6 is 0 Å². The highest BCUT2D eigenvalue weighted by atomic mass is 16.5. The van der Waals surface area contributed by atoms with Gasteiger partial charge in [-0.15, -0.1) is 0 Å². The standard InChI is InChI=1S/C11H12N4O/c12-11(15-13)7-16-9-3-4-10-8(6-9)2-1-5-14-10/h1-6H,7,13H2,(H2,12,15). The van der Waals surface area contributed by atoms with Crippen molar-refractivity contribution < 1.29 is 4.74 Å². The molecule has 5 heteroatoms. The van der Waals surface area contributed by atoms with Crippen LogP contribution in [0.2, 0.25) is 0 Å². The Morgan fingerprint density at radius 2 is 2.25 bits per heavy atom. The van der Waals surface area contributed by atoms with Gasteiger partial charge in [-0.2, -0.15) is 5.10 Å². The van der Waals surface area contributed by atoms with Gasteiger partial charge in [-0.25, -0.2) is 0 Å². The molecule has 0 aliphatic carbocycles. The minimum Gasteiger partial charge on any atom is -0.486 e. The van der Waals surface area contributed by atoms with Crippen LogP contribution in [0.25, 0.3) is 10.9 Å². The molecule has 0 fully saturated rings. The summed E-state index contributed by atoms with van der Waals surface area (Å²) in [6, 6.07) is 9.46. The molecule has 0 aliphatic rings. The predicted octanol–water partition coefficient (Wildman–Crippen LogP) is 0.844. The molecule has 0 radical (unpaired) electrons. The summed E-state index contributed by atoms with van der Waals surface area (Å²) in [5, 5.41) is 4.34. The van der Waals surface area contributed by atoms with Gasteiger partial charge in [-0.05, 0) is 24.3 Å². The minimum absolute atomic E-state index is 0.183. The molecule has 82 valence electrons. The van der Waals surface area contributed by atoms with Gasteiger partial charge in [0.05, 0.1) is 5.52 Å². The summed E-state index contributed by atoms with van der Waals surface area (Å²) in [6.45, 7) is 0.183. The van der Waals surface area contributed by atoms with Crippen LogP contribution in [-0.2, 0) is 0 Å². The zero-order valence-electron chi connectivity index (χ0n) is 8.63. The lowest BCUT2D eigenvalue weighted by Crippen LogP contribution is -2.22. The molecule has 2 rings (SSSR count). The second kappa shape index (κ2) is 4.48. The highest BCUT2D eigenvalue weighted by Crippen LogP contribution is 2.18. The van der Waals surface area contributed by atoms with Gasteiger partial charge in [0.2, 0.25) is 0 Å². The van der Waals surface area contributed by atoms with Crippen LogP contribution in [0.5, 0.6) is 5.75 Å². The van der Waals surface area contributed by atoms with E-state index < -0.39 is 0 Å². The Kier molecular flexibility index (Phi) is 2.86. The van der Waals surface area contributed by atoms with Crippen LogP contribution in [0.1, 0.15) is 0 Å². The number of nitrogens with zero attached hydrogens (tertiary/aromatic N) is 2. The van der Waals surface area contributed by atoms with E-state index in [1.165, 1.54) is 0 Å². The summed E-state index contributed by atoms with van der Waals surface area (Å²) in [4.78, 5) is 4.21. The van der Waals surface area contributed by atoms with E-state index in [0.717, 1.165) is 10.9 Å². The second-order valence-corrected chi connectivity index (χ2v) is 3.27. The van der Waals surface area contributed by atoms with E-state index in [1.807, 2.05) is 30.3 Å². The largest absolute Gasteiger partial charge is 0.486 e. The molecule has 2 aromatic rings. The molecule has 0 bridgehead atoms. The Labute approximate surface area is 92.7 Å². The molecule has 5 nitrogen and oxygen atoms in total. The number of ether oxygens (including phenoxy) is 1. The van der Waals surface area contributed by atoms with E-state index in [9.17, 15) is 0 Å². The van der Waals surface area contributed by atoms with E-state index in [-0.39, 0.29) is 12.4 Å². The topological polar surface area (TPSA) is 86.5 Å². The van der Waals surface area contributed by atoms with Crippen LogP contribution in [0.3, 0.4) is 0 Å². The molecule has 0 saturated heterocycles. The molecule has 16 heavy (non-hydrogen) atoms. The maximum absolute atomic E-state index is 5.42. The summed E-state index contributed by atoms with van der Waals surface area (Å²) in [5.41, 5.74) is 6.35. The van der Waals surface area contributed by atoms with Crippen molar-refractivity contribution in [1.29, 1.82) is 0 Å². The summed E-state index contributed by atoms with van der Waals surface area (Å²) in [7, 11) is 0. The zero-order valence-corrected chi connectivity index (χ0v) is 8.63. The van der Waals surface area contributed by atoms with Crippen molar-refractivity contribution in [3.63, 3.8) is 0 Å². The number of hydrazone groups is 1. The molecule has 0 amide bonds. The molecule has 0 saturated carbocycles. The lowest BCUT2D eigenvalue weighted by molar-refractivity contribution is 0.375. The third-order valence-electron chi connectivity index (χ3n) is 2.13. The van der Waals surface area contributed by atoms with E-state index in [2.05, 4.69) is 10.1 Å². The first-order valence-electron chi connectivity index (χ1n) is 4.79. The fourth-order valence-electron chi connectivity index (χ4n) is 1.34. The Morgan fingerprint density at radius 3 is 3.06 bits per heavy atom. The molecular weight excluding hydrogens is 204 g/mol. The first kappa shape index (κ1) is 10.2. The number of aromatic nitrogens is 1. The average Bonchev–Trinajstić information content (AvgIpc) is 2.35. The molecular formula is C11H12N4O. The van der Waals surface area contributed by atoms with Gasteiger partial charge in [0, 0.05) is 11.6 Å². The molecule has 1 aromatic heterocycles. The van der Waals surface area contributed by atoms with Gasteiger partial charge >= 0.3 is 0 Å². The number of nitrogens with two attached hydrogens (primary N) is 2. The van der Waals surface area contributed by atoms with Crippen molar-refractivity contribution in [3.05, 3.63) is 36.5 Å². The zero-order chi connectivity index (χ0) is 11.4. The quantitative estimate of drug-likeness (QED) is 0.344. The Hall–Kier alpha value is -2.30. The van der Waals surface area contributed by atoms with E-state index in [1.54, 1.807) is 6.20 Å². The van der Waals surface area contributed by atoms with Gasteiger partial charge in [0.15, 0.2) is 5.84 Å². The predicted molar refractivity (Wildman–Crippen MR) is 63.0 cm³/mol. The number of pyridine rings is 1. The Bertz CT molecular complexity index is 524. The van der Waals surface area contributed by atoms with Gasteiger partial charge in [-0.1, -0.05) is 6.07 Å². The highest BCUT2D eigenvalue weighted by Gasteiger charge is 1.98. The van der Waals surface area contributed by atoms with Crippen molar-refractivity contribution in [3.8, 4) is 5.75 Å². The van der Waals surface area contributed by atoms with Gasteiger partial charge in [-0.3, -0.25) is 4.98 Å². The van der Waals surface area contributed by atoms with Crippen molar-refractivity contribution in [2.24, 2.45) is 16.7 Å². The lowest BCUT2D eigenvalue weighted by atomic mass is 10.2. The van der Waals surface area contributed by atoms with Crippen LogP contribution in [0.15, 0.2) is 41.6 Å². The van der Waals surface area contributed by atoms with E-state index in [4.69, 9.17) is 16.3 Å². The monoisotopic (exact) mass is 216 g/mol. The SMILES string of the molecule is N/N=C(\N)COc1ccc2ncccc2c1. The van der Waals surface area contributed by atoms with E-state index in [0.29, 0.717) is 5.75 Å². The third kappa shape index (κ3) is 2.20. The van der Waals surface area contributed by atoms with Crippen molar-refractivity contribution in [1.82, 2.24) is 4.98 Å². The average molecular weight is 216 g/mol. The molecule has 1 heterocycles. The highest BCUT2D eigenvalue weighted by molar-refractivity contribution is 5.82. The van der Waals surface area contributed by atoms with Gasteiger partial charge < -0.3 is 16.3 Å². The molecule has 0 aliphatic heterocycles. The third-order valence-corrected chi connectivity index (χ3v) is 2.13. The van der Waals surface area contributed by atoms with Crippen LogP contribution in [0, 0.1) is 0 Å². The molecule has 1 aromatic carbocycles. The maximum Gasteiger partial charge on any atom is 0.157 e. The second-order valence-electron chi connectivity index (χ2n) is 3.27. The number of fused-ring (bicyclic) bond motifs is 1. The normalized spacial score (nSPS) is 11.6. The molecule has 4 N–H and O–H groups in total. The molecule has 0 atom stereocenters. The molecule has 0 unspecified atom stereocenters. The number of amidine groups is 1. The van der Waals surface area contributed by atoms with Crippen LogP contribution < -0.4 is 16.3 Å². The molecule has 0 spiro atoms. The number of hydrogen-bond donors (Lipinski definition) is 2. The van der Waals surface area contributed by atoms with E-state index >= 15 is 0 Å². The summed E-state index contributed by atoms with van der Waals surface area (Å²) < 4.78 is 5.40. The van der Waals surface area contributed by atoms with Crippen LogP contribution in [0.4, 0.5) is 0 Å². The smallest absolute Gasteiger partial charge is 0.157 e. The fourth-order valence-corrected chi connectivity index (χ4v) is 1.34. The Balaban J connectivity index is 2.20. The van der Waals surface area contributed by atoms with Gasteiger partial charge in [0.1, 0.15) is 12.4 Å².